The van der Waals surface area contributed by atoms with E-state index in [-0.39, 0.29) is 31.6 Å². The van der Waals surface area contributed by atoms with E-state index < -0.39 is 0 Å². The number of aromatic nitrogens is 1. The number of aliphatic hydroxyl groups is 1. The maximum absolute atomic E-state index is 10.0. The van der Waals surface area contributed by atoms with Crippen molar-refractivity contribution in [1.29, 1.82) is 0 Å². The molecule has 5 heteroatoms. The Bertz CT molecular complexity index is 1370. The molecule has 197 valence electrons. The Morgan fingerprint density at radius 3 is 2.05 bits per heavy atom. The van der Waals surface area contributed by atoms with Gasteiger partial charge >= 0.3 is 0 Å². The van der Waals surface area contributed by atoms with Crippen LogP contribution in [-0.4, -0.2) is 15.9 Å². The fourth-order valence-electron chi connectivity index (χ4n) is 4.04. The number of thiophene rings is 1. The minimum Gasteiger partial charge on any atom is -0.512 e. The van der Waals surface area contributed by atoms with Gasteiger partial charge in [-0.3, -0.25) is 4.79 Å². The van der Waals surface area contributed by atoms with Gasteiger partial charge in [-0.1, -0.05) is 65.8 Å². The van der Waals surface area contributed by atoms with Crippen LogP contribution in [0.4, 0.5) is 0 Å². The first-order valence-corrected chi connectivity index (χ1v) is 13.2. The van der Waals surface area contributed by atoms with E-state index >= 15 is 0 Å². The molecule has 0 fully saturated rings. The number of benzene rings is 2. The molecule has 0 aliphatic rings. The van der Waals surface area contributed by atoms with E-state index in [2.05, 4.69) is 90.1 Å². The van der Waals surface area contributed by atoms with E-state index in [0.717, 1.165) is 16.8 Å². The van der Waals surface area contributed by atoms with Gasteiger partial charge in [0.25, 0.3) is 0 Å². The zero-order valence-corrected chi connectivity index (χ0v) is 26.1. The number of carbonyl (C=O) groups is 1. The molecule has 0 aliphatic carbocycles. The van der Waals surface area contributed by atoms with Crippen LogP contribution in [0.5, 0.6) is 0 Å². The largest absolute Gasteiger partial charge is 0.512 e. The molecule has 0 bridgehead atoms. The molecule has 0 aliphatic heterocycles. The molecular formula is C32H36IrNO2S-. The van der Waals surface area contributed by atoms with E-state index in [1.807, 2.05) is 17.5 Å². The topological polar surface area (TPSA) is 50.2 Å². The molecule has 0 spiro atoms. The zero-order chi connectivity index (χ0) is 26.6. The third kappa shape index (κ3) is 8.46. The number of nitrogens with zero attached hydrogens (tertiary/aromatic N) is 1. The first kappa shape index (κ1) is 30.6. The second-order valence-corrected chi connectivity index (χ2v) is 11.2. The molecule has 4 aromatic rings. The predicted molar refractivity (Wildman–Crippen MR) is 154 cm³/mol. The van der Waals surface area contributed by atoms with E-state index in [4.69, 9.17) is 10.1 Å². The number of aryl methyl sites for hydroxylation is 2. The van der Waals surface area contributed by atoms with Crippen LogP contribution in [0, 0.1) is 19.9 Å². The van der Waals surface area contributed by atoms with Crippen molar-refractivity contribution in [1.82, 2.24) is 4.98 Å². The minimum absolute atomic E-state index is 0. The molecule has 1 N–H and O–H groups in total. The Balaban J connectivity index is 0.000000532. The summed E-state index contributed by atoms with van der Waals surface area (Å²) in [6.45, 7) is 16.1. The van der Waals surface area contributed by atoms with Crippen molar-refractivity contribution in [2.45, 2.75) is 67.2 Å². The number of hydrogen-bond acceptors (Lipinski definition) is 4. The number of aliphatic hydroxyl groups excluding tert-OH is 1. The number of ketones is 1. The van der Waals surface area contributed by atoms with Gasteiger partial charge in [-0.05, 0) is 54.1 Å². The standard InChI is InChI=1S/C27H28NS.C5H8O2.Ir/c1-16(2)20-10-21(17(3)4)12-23(11-20)26-13-24-15-28-25(14-27(24)29-26)22-8-18(5)7-19(6)9-22;1-4(6)3-5(2)7;/h7-8,10-17H,1-6H3;3,6H,1-2H3;/q-1;;/b;4-3-;. The maximum atomic E-state index is 10.0. The SMILES string of the molecule is CC(=O)/C=C(/C)O.Cc1[c-]c(-c2cc3sc(-c4cc(C(C)C)cc(C(C)C)c4)cc3cn2)cc(C)c1.[Ir]. The van der Waals surface area contributed by atoms with Crippen molar-refractivity contribution in [3.05, 3.63) is 88.8 Å². The van der Waals surface area contributed by atoms with Crippen LogP contribution in [-0.2, 0) is 24.9 Å². The summed E-state index contributed by atoms with van der Waals surface area (Å²) in [6.07, 6.45) is 3.17. The van der Waals surface area contributed by atoms with Crippen molar-refractivity contribution in [2.24, 2.45) is 0 Å². The molecule has 1 radical (unpaired) electrons. The summed E-state index contributed by atoms with van der Waals surface area (Å²) in [5, 5.41) is 9.57. The monoisotopic (exact) mass is 691 g/mol. The van der Waals surface area contributed by atoms with Gasteiger partial charge in [0.2, 0.25) is 0 Å². The Morgan fingerprint density at radius 1 is 0.946 bits per heavy atom. The van der Waals surface area contributed by atoms with Gasteiger partial charge in [0.1, 0.15) is 0 Å². The summed E-state index contributed by atoms with van der Waals surface area (Å²) in [6, 6.07) is 19.3. The van der Waals surface area contributed by atoms with Crippen molar-refractivity contribution in [3.8, 4) is 21.7 Å². The smallest absolute Gasteiger partial charge is 0.155 e. The fraction of sp³-hybridized carbons (Fsp3) is 0.312. The molecule has 0 amide bonds. The summed E-state index contributed by atoms with van der Waals surface area (Å²) >= 11 is 1.85. The molecule has 37 heavy (non-hydrogen) atoms. The van der Waals surface area contributed by atoms with Crippen LogP contribution in [0.15, 0.2) is 60.5 Å². The minimum atomic E-state index is -0.125. The molecule has 2 aromatic heterocycles. The molecule has 0 saturated carbocycles. The average Bonchev–Trinajstić information content (AvgIpc) is 3.21. The number of carbonyl (C=O) groups excluding carboxylic acids is 1. The van der Waals surface area contributed by atoms with Crippen LogP contribution >= 0.6 is 11.3 Å². The number of hydrogen-bond donors (Lipinski definition) is 1. The molecule has 4 rings (SSSR count). The molecular weight excluding hydrogens is 655 g/mol. The van der Waals surface area contributed by atoms with E-state index in [1.165, 1.54) is 57.1 Å². The zero-order valence-electron chi connectivity index (χ0n) is 22.9. The molecule has 0 saturated heterocycles. The first-order chi connectivity index (χ1) is 16.9. The Hall–Kier alpha value is -2.59. The molecule has 2 aromatic carbocycles. The van der Waals surface area contributed by atoms with E-state index in [9.17, 15) is 4.79 Å². The van der Waals surface area contributed by atoms with Crippen molar-refractivity contribution in [3.63, 3.8) is 0 Å². The third-order valence-corrected chi connectivity index (χ3v) is 6.98. The Kier molecular flexibility index (Phi) is 11.0. The van der Waals surface area contributed by atoms with Crippen molar-refractivity contribution >= 4 is 27.2 Å². The molecule has 3 nitrogen and oxygen atoms in total. The summed E-state index contributed by atoms with van der Waals surface area (Å²) in [4.78, 5) is 16.1. The van der Waals surface area contributed by atoms with E-state index in [0.29, 0.717) is 11.8 Å². The van der Waals surface area contributed by atoms with Gasteiger partial charge in [0.15, 0.2) is 5.78 Å². The van der Waals surface area contributed by atoms with Gasteiger partial charge in [0, 0.05) is 47.3 Å². The van der Waals surface area contributed by atoms with Crippen LogP contribution in [0.3, 0.4) is 0 Å². The second kappa shape index (κ2) is 13.3. The van der Waals surface area contributed by atoms with Crippen LogP contribution in [0.1, 0.15) is 75.6 Å². The molecule has 0 atom stereocenters. The van der Waals surface area contributed by atoms with E-state index in [1.54, 1.807) is 0 Å². The third-order valence-electron chi connectivity index (χ3n) is 5.83. The number of rotatable bonds is 5. The summed E-state index contributed by atoms with van der Waals surface area (Å²) in [5.41, 5.74) is 8.61. The Morgan fingerprint density at radius 2 is 1.57 bits per heavy atom. The quantitative estimate of drug-likeness (QED) is 0.129. The van der Waals surface area contributed by atoms with Gasteiger partial charge in [0.05, 0.1) is 5.76 Å². The summed E-state index contributed by atoms with van der Waals surface area (Å²) in [5.74, 6) is 0.984. The fourth-order valence-corrected chi connectivity index (χ4v) is 5.09. The first-order valence-electron chi connectivity index (χ1n) is 12.4. The van der Waals surface area contributed by atoms with Gasteiger partial charge < -0.3 is 10.1 Å². The second-order valence-electron chi connectivity index (χ2n) is 10.1. The summed E-state index contributed by atoms with van der Waals surface area (Å²) < 4.78 is 1.28. The van der Waals surface area contributed by atoms with Gasteiger partial charge in [-0.2, -0.15) is 0 Å². The number of pyridine rings is 1. The number of allylic oxidation sites excluding steroid dienone is 2. The summed E-state index contributed by atoms with van der Waals surface area (Å²) in [7, 11) is 0. The van der Waals surface area contributed by atoms with Gasteiger partial charge in [-0.15, -0.1) is 46.2 Å². The molecule has 2 heterocycles. The number of fused-ring (bicyclic) bond motifs is 1. The van der Waals surface area contributed by atoms with Crippen LogP contribution in [0.25, 0.3) is 31.8 Å². The maximum Gasteiger partial charge on any atom is 0.155 e. The van der Waals surface area contributed by atoms with Crippen molar-refractivity contribution in [2.75, 3.05) is 0 Å². The predicted octanol–water partition coefficient (Wildman–Crippen LogP) is 9.33. The normalized spacial score (nSPS) is 11.4. The Labute approximate surface area is 239 Å². The average molecular weight is 691 g/mol. The van der Waals surface area contributed by atoms with Crippen LogP contribution in [0.2, 0.25) is 0 Å². The molecule has 0 unspecified atom stereocenters. The van der Waals surface area contributed by atoms with Crippen LogP contribution < -0.4 is 0 Å². The van der Waals surface area contributed by atoms with Crippen molar-refractivity contribution < 1.29 is 30.0 Å². The van der Waals surface area contributed by atoms with Gasteiger partial charge in [-0.25, -0.2) is 0 Å².